The van der Waals surface area contributed by atoms with Crippen LogP contribution in [0.15, 0.2) is 48.5 Å². The summed E-state index contributed by atoms with van der Waals surface area (Å²) in [7, 11) is 0. The summed E-state index contributed by atoms with van der Waals surface area (Å²) in [6.45, 7) is 4.71. The summed E-state index contributed by atoms with van der Waals surface area (Å²) < 4.78 is 13.9. The van der Waals surface area contributed by atoms with Crippen LogP contribution < -0.4 is 5.32 Å². The van der Waals surface area contributed by atoms with Crippen LogP contribution in [0.3, 0.4) is 0 Å². The molecule has 0 radical (unpaired) electrons. The average molecular weight is 392 g/mol. The van der Waals surface area contributed by atoms with E-state index >= 15 is 0 Å². The van der Waals surface area contributed by atoms with Gasteiger partial charge in [-0.05, 0) is 36.3 Å². The van der Waals surface area contributed by atoms with Gasteiger partial charge in [0.2, 0.25) is 0 Å². The highest BCUT2D eigenvalue weighted by molar-refractivity contribution is 7.80. The lowest BCUT2D eigenvalue weighted by Gasteiger charge is -2.36. The van der Waals surface area contributed by atoms with E-state index in [1.807, 2.05) is 6.07 Å². The summed E-state index contributed by atoms with van der Waals surface area (Å²) in [5.74, 6) is -0.238. The second-order valence-electron chi connectivity index (χ2n) is 6.43. The van der Waals surface area contributed by atoms with Crippen LogP contribution in [-0.2, 0) is 13.0 Å². The molecule has 1 heterocycles. The number of benzene rings is 2. The molecule has 0 spiro atoms. The second kappa shape index (κ2) is 9.31. The maximum atomic E-state index is 13.9. The molecule has 3 rings (SSSR count). The summed E-state index contributed by atoms with van der Waals surface area (Å²) in [6, 6.07) is 15.2. The Morgan fingerprint density at radius 1 is 1.04 bits per heavy atom. The van der Waals surface area contributed by atoms with Crippen molar-refractivity contribution >= 4 is 28.9 Å². The zero-order chi connectivity index (χ0) is 18.4. The average Bonchev–Trinajstić information content (AvgIpc) is 2.66. The minimum Gasteiger partial charge on any atom is -0.362 e. The molecule has 1 saturated heterocycles. The van der Waals surface area contributed by atoms with E-state index < -0.39 is 0 Å². The smallest absolute Gasteiger partial charge is 0.169 e. The summed E-state index contributed by atoms with van der Waals surface area (Å²) in [5, 5.41) is 4.63. The van der Waals surface area contributed by atoms with Crippen molar-refractivity contribution in [3.63, 3.8) is 0 Å². The number of hydrogen-bond donors (Lipinski definition) is 1. The molecule has 0 bridgehead atoms. The van der Waals surface area contributed by atoms with Crippen molar-refractivity contribution in [2.24, 2.45) is 0 Å². The van der Waals surface area contributed by atoms with Crippen molar-refractivity contribution < 1.29 is 4.39 Å². The highest BCUT2D eigenvalue weighted by Crippen LogP contribution is 2.21. The van der Waals surface area contributed by atoms with Gasteiger partial charge in [-0.1, -0.05) is 48.0 Å². The molecule has 6 heteroatoms. The van der Waals surface area contributed by atoms with Gasteiger partial charge in [0, 0.05) is 49.9 Å². The predicted octanol–water partition coefficient (Wildman–Crippen LogP) is 3.71. The number of piperazine rings is 1. The fourth-order valence-corrected chi connectivity index (χ4v) is 3.59. The Labute approximate surface area is 164 Å². The molecular formula is C20H23ClFN3S. The van der Waals surface area contributed by atoms with Crippen molar-refractivity contribution in [1.29, 1.82) is 0 Å². The highest BCUT2D eigenvalue weighted by Gasteiger charge is 2.20. The largest absolute Gasteiger partial charge is 0.362 e. The van der Waals surface area contributed by atoms with E-state index in [1.165, 1.54) is 11.6 Å². The Kier molecular flexibility index (Phi) is 6.83. The second-order valence-corrected chi connectivity index (χ2v) is 7.22. The van der Waals surface area contributed by atoms with Crippen LogP contribution in [0.5, 0.6) is 0 Å². The van der Waals surface area contributed by atoms with E-state index in [4.69, 9.17) is 23.8 Å². The van der Waals surface area contributed by atoms with Gasteiger partial charge in [-0.3, -0.25) is 4.90 Å². The van der Waals surface area contributed by atoms with Crippen LogP contribution >= 0.6 is 23.8 Å². The molecule has 0 saturated carbocycles. The zero-order valence-electron chi connectivity index (χ0n) is 14.6. The van der Waals surface area contributed by atoms with Crippen molar-refractivity contribution in [3.05, 3.63) is 70.5 Å². The first-order chi connectivity index (χ1) is 12.6. The van der Waals surface area contributed by atoms with Crippen molar-refractivity contribution in [2.75, 3.05) is 32.7 Å². The van der Waals surface area contributed by atoms with E-state index in [1.54, 1.807) is 12.1 Å². The Morgan fingerprint density at radius 2 is 1.77 bits per heavy atom. The quantitative estimate of drug-likeness (QED) is 0.783. The van der Waals surface area contributed by atoms with Crippen molar-refractivity contribution in [1.82, 2.24) is 15.1 Å². The zero-order valence-corrected chi connectivity index (χ0v) is 16.2. The minimum absolute atomic E-state index is 0.238. The third-order valence-corrected chi connectivity index (χ3v) is 5.39. The summed E-state index contributed by atoms with van der Waals surface area (Å²) in [5.41, 5.74) is 1.88. The fraction of sp³-hybridized carbons (Fsp3) is 0.350. The monoisotopic (exact) mass is 391 g/mol. The standard InChI is InChI=1S/C20H23ClFN3S/c21-18-7-4-8-19(22)17(18)15-24-11-13-25(14-12-24)20(26)23-10-9-16-5-2-1-3-6-16/h1-8H,9-15H2,(H,23,26). The molecule has 1 aliphatic rings. The van der Waals surface area contributed by atoms with Gasteiger partial charge >= 0.3 is 0 Å². The van der Waals surface area contributed by atoms with Crippen LogP contribution in [0.2, 0.25) is 5.02 Å². The van der Waals surface area contributed by atoms with E-state index in [0.29, 0.717) is 17.1 Å². The number of thiocarbonyl (C=S) groups is 1. The molecular weight excluding hydrogens is 369 g/mol. The molecule has 26 heavy (non-hydrogen) atoms. The van der Waals surface area contributed by atoms with Gasteiger partial charge in [0.1, 0.15) is 5.82 Å². The number of hydrogen-bond acceptors (Lipinski definition) is 2. The number of nitrogens with zero attached hydrogens (tertiary/aromatic N) is 2. The Hall–Kier alpha value is -1.69. The normalized spacial score (nSPS) is 15.1. The maximum Gasteiger partial charge on any atom is 0.169 e. The fourth-order valence-electron chi connectivity index (χ4n) is 3.09. The molecule has 0 atom stereocenters. The van der Waals surface area contributed by atoms with E-state index in [-0.39, 0.29) is 5.82 Å². The molecule has 138 valence electrons. The molecule has 0 unspecified atom stereocenters. The van der Waals surface area contributed by atoms with Crippen LogP contribution in [0.1, 0.15) is 11.1 Å². The summed E-state index contributed by atoms with van der Waals surface area (Å²) in [4.78, 5) is 4.40. The van der Waals surface area contributed by atoms with E-state index in [9.17, 15) is 4.39 Å². The van der Waals surface area contributed by atoms with Crippen molar-refractivity contribution in [3.8, 4) is 0 Å². The molecule has 1 N–H and O–H groups in total. The lowest BCUT2D eigenvalue weighted by Crippen LogP contribution is -2.51. The molecule has 2 aromatic carbocycles. The van der Waals surface area contributed by atoms with E-state index in [2.05, 4.69) is 39.4 Å². The third kappa shape index (κ3) is 5.16. The van der Waals surface area contributed by atoms with E-state index in [0.717, 1.165) is 44.3 Å². The molecule has 2 aromatic rings. The highest BCUT2D eigenvalue weighted by atomic mass is 35.5. The summed E-state index contributed by atoms with van der Waals surface area (Å²) in [6.07, 6.45) is 0.951. The number of halogens is 2. The summed E-state index contributed by atoms with van der Waals surface area (Å²) >= 11 is 11.6. The molecule has 1 aliphatic heterocycles. The van der Waals surface area contributed by atoms with Gasteiger partial charge < -0.3 is 10.2 Å². The van der Waals surface area contributed by atoms with Crippen LogP contribution in [0.4, 0.5) is 4.39 Å². The number of rotatable bonds is 5. The van der Waals surface area contributed by atoms with Gasteiger partial charge in [-0.25, -0.2) is 4.39 Å². The number of nitrogens with one attached hydrogen (secondary N) is 1. The first-order valence-corrected chi connectivity index (χ1v) is 9.64. The topological polar surface area (TPSA) is 18.5 Å². The Bertz CT molecular complexity index is 713. The maximum absolute atomic E-state index is 13.9. The lowest BCUT2D eigenvalue weighted by molar-refractivity contribution is 0.173. The van der Waals surface area contributed by atoms with Crippen LogP contribution in [0.25, 0.3) is 0 Å². The predicted molar refractivity (Wildman–Crippen MR) is 109 cm³/mol. The van der Waals surface area contributed by atoms with Gasteiger partial charge in [-0.2, -0.15) is 0 Å². The Balaban J connectivity index is 1.42. The van der Waals surface area contributed by atoms with Gasteiger partial charge in [0.25, 0.3) is 0 Å². The first-order valence-electron chi connectivity index (χ1n) is 8.85. The Morgan fingerprint density at radius 3 is 2.46 bits per heavy atom. The molecule has 3 nitrogen and oxygen atoms in total. The molecule has 0 amide bonds. The van der Waals surface area contributed by atoms with Crippen LogP contribution in [0, 0.1) is 5.82 Å². The SMILES string of the molecule is Fc1cccc(Cl)c1CN1CCN(C(=S)NCCc2ccccc2)CC1. The third-order valence-electron chi connectivity index (χ3n) is 4.64. The van der Waals surface area contributed by atoms with Gasteiger partial charge in [0.15, 0.2) is 5.11 Å². The lowest BCUT2D eigenvalue weighted by atomic mass is 10.1. The van der Waals surface area contributed by atoms with Gasteiger partial charge in [0.05, 0.1) is 0 Å². The van der Waals surface area contributed by atoms with Crippen LogP contribution in [-0.4, -0.2) is 47.6 Å². The molecule has 0 aliphatic carbocycles. The molecule has 1 fully saturated rings. The first kappa shape index (κ1) is 19.1. The van der Waals surface area contributed by atoms with Crippen molar-refractivity contribution in [2.45, 2.75) is 13.0 Å². The minimum atomic E-state index is -0.238. The molecule has 0 aromatic heterocycles. The van der Waals surface area contributed by atoms with Gasteiger partial charge in [-0.15, -0.1) is 0 Å².